The molecule has 0 radical (unpaired) electrons. The Bertz CT molecular complexity index is 1710. The summed E-state index contributed by atoms with van der Waals surface area (Å²) in [6.45, 7) is 5.57. The number of nitrogens with zero attached hydrogens (tertiary/aromatic N) is 1. The van der Waals surface area contributed by atoms with Gasteiger partial charge < -0.3 is 19.3 Å². The first-order valence-corrected chi connectivity index (χ1v) is 16.4. The van der Waals surface area contributed by atoms with Gasteiger partial charge in [-0.2, -0.15) is 0 Å². The van der Waals surface area contributed by atoms with Crippen molar-refractivity contribution in [3.05, 3.63) is 107 Å². The molecule has 4 aromatic rings. The smallest absolute Gasteiger partial charge is 0.304 e. The largest absolute Gasteiger partial charge is 0.494 e. The quantitative estimate of drug-likeness (QED) is 0.166. The number of para-hydroxylation sites is 1. The molecule has 0 spiro atoms. The molecule has 0 aliphatic carbocycles. The van der Waals surface area contributed by atoms with Crippen LogP contribution in [-0.4, -0.2) is 45.5 Å². The third kappa shape index (κ3) is 7.52. The van der Waals surface area contributed by atoms with Crippen molar-refractivity contribution in [3.8, 4) is 28.4 Å². The number of ether oxygens (including phenoxy) is 3. The molecule has 44 heavy (non-hydrogen) atoms. The SMILES string of the molecule is Cc1cc(OCCCN(c2ccccc2)S(C)(=O)=O)cc(C)c1-c1cccc(COc2ccc3c(c2)OCC3CC(=O)O)c1. The van der Waals surface area contributed by atoms with Crippen molar-refractivity contribution in [2.75, 3.05) is 30.3 Å². The minimum atomic E-state index is -3.40. The summed E-state index contributed by atoms with van der Waals surface area (Å²) in [5.41, 5.74) is 6.92. The van der Waals surface area contributed by atoms with Gasteiger partial charge in [0.25, 0.3) is 0 Å². The zero-order valence-electron chi connectivity index (χ0n) is 25.2. The molecule has 0 amide bonds. The van der Waals surface area contributed by atoms with Crippen molar-refractivity contribution in [3.63, 3.8) is 0 Å². The molecular weight excluding hydrogens is 578 g/mol. The third-order valence-electron chi connectivity index (χ3n) is 7.63. The lowest BCUT2D eigenvalue weighted by molar-refractivity contribution is -0.137. The summed E-state index contributed by atoms with van der Waals surface area (Å²) in [5, 5.41) is 9.13. The number of carboxylic acid groups (broad SMARTS) is 1. The Hall–Kier alpha value is -4.50. The second-order valence-corrected chi connectivity index (χ2v) is 13.0. The van der Waals surface area contributed by atoms with Gasteiger partial charge in [-0.25, -0.2) is 8.42 Å². The molecule has 1 aliphatic rings. The number of sulfonamides is 1. The van der Waals surface area contributed by atoms with Gasteiger partial charge in [-0.05, 0) is 78.1 Å². The fraction of sp³-hybridized carbons (Fsp3) is 0.286. The first kappa shape index (κ1) is 30.9. The molecule has 0 fully saturated rings. The lowest BCUT2D eigenvalue weighted by atomic mass is 9.94. The molecule has 9 heteroatoms. The Morgan fingerprint density at radius 1 is 0.932 bits per heavy atom. The van der Waals surface area contributed by atoms with Gasteiger partial charge in [0.1, 0.15) is 23.9 Å². The normalized spacial score (nSPS) is 14.0. The molecule has 1 aliphatic heterocycles. The van der Waals surface area contributed by atoms with E-state index in [0.29, 0.717) is 50.0 Å². The summed E-state index contributed by atoms with van der Waals surface area (Å²) in [6.07, 6.45) is 1.81. The van der Waals surface area contributed by atoms with Crippen LogP contribution < -0.4 is 18.5 Å². The van der Waals surface area contributed by atoms with Crippen LogP contribution in [0.2, 0.25) is 0 Å². The van der Waals surface area contributed by atoms with Crippen LogP contribution in [0.5, 0.6) is 17.2 Å². The second kappa shape index (κ2) is 13.4. The Kier molecular flexibility index (Phi) is 9.44. The number of carboxylic acids is 1. The van der Waals surface area contributed by atoms with Crippen molar-refractivity contribution < 1.29 is 32.5 Å². The van der Waals surface area contributed by atoms with E-state index in [1.807, 2.05) is 60.7 Å². The Labute approximate surface area is 258 Å². The maximum atomic E-state index is 12.3. The molecule has 0 bridgehead atoms. The Morgan fingerprint density at radius 2 is 1.68 bits per heavy atom. The highest BCUT2D eigenvalue weighted by atomic mass is 32.2. The van der Waals surface area contributed by atoms with E-state index in [1.165, 1.54) is 10.6 Å². The monoisotopic (exact) mass is 615 g/mol. The molecule has 0 saturated carbocycles. The van der Waals surface area contributed by atoms with Crippen LogP contribution in [0.3, 0.4) is 0 Å². The van der Waals surface area contributed by atoms with Gasteiger partial charge in [0.15, 0.2) is 0 Å². The van der Waals surface area contributed by atoms with Crippen LogP contribution in [0.25, 0.3) is 11.1 Å². The number of hydrogen-bond acceptors (Lipinski definition) is 6. The van der Waals surface area contributed by atoms with Gasteiger partial charge >= 0.3 is 5.97 Å². The predicted octanol–water partition coefficient (Wildman–Crippen LogP) is 6.74. The summed E-state index contributed by atoms with van der Waals surface area (Å²) < 4.78 is 43.9. The Morgan fingerprint density at radius 3 is 2.39 bits per heavy atom. The number of carbonyl (C=O) groups is 1. The van der Waals surface area contributed by atoms with Crippen molar-refractivity contribution in [1.82, 2.24) is 0 Å². The lowest BCUT2D eigenvalue weighted by Gasteiger charge is -2.22. The van der Waals surface area contributed by atoms with Crippen LogP contribution in [0.15, 0.2) is 84.9 Å². The molecule has 8 nitrogen and oxygen atoms in total. The lowest BCUT2D eigenvalue weighted by Crippen LogP contribution is -2.31. The van der Waals surface area contributed by atoms with Gasteiger partial charge in [-0.1, -0.05) is 42.5 Å². The number of benzene rings is 4. The average Bonchev–Trinajstić information content (AvgIpc) is 3.37. The minimum Gasteiger partial charge on any atom is -0.494 e. The minimum absolute atomic E-state index is 0.0464. The van der Waals surface area contributed by atoms with Crippen molar-refractivity contribution in [2.24, 2.45) is 0 Å². The maximum Gasteiger partial charge on any atom is 0.304 e. The number of aryl methyl sites for hydroxylation is 2. The molecule has 4 aromatic carbocycles. The van der Waals surface area contributed by atoms with Crippen LogP contribution >= 0.6 is 0 Å². The topological polar surface area (TPSA) is 102 Å². The van der Waals surface area contributed by atoms with E-state index in [-0.39, 0.29) is 12.3 Å². The van der Waals surface area contributed by atoms with E-state index in [1.54, 1.807) is 12.1 Å². The number of aliphatic carboxylic acids is 1. The molecule has 1 unspecified atom stereocenters. The fourth-order valence-corrected chi connectivity index (χ4v) is 6.62. The summed E-state index contributed by atoms with van der Waals surface area (Å²) in [5.74, 6) is 1.12. The second-order valence-electron chi connectivity index (χ2n) is 11.1. The van der Waals surface area contributed by atoms with Gasteiger partial charge in [0, 0.05) is 30.5 Å². The zero-order chi connectivity index (χ0) is 31.3. The molecule has 1 atom stereocenters. The van der Waals surface area contributed by atoms with Gasteiger partial charge in [-0.3, -0.25) is 9.10 Å². The van der Waals surface area contributed by atoms with Crippen molar-refractivity contribution in [1.29, 1.82) is 0 Å². The number of rotatable bonds is 13. The fourth-order valence-electron chi connectivity index (χ4n) is 5.65. The highest BCUT2D eigenvalue weighted by Crippen LogP contribution is 2.38. The van der Waals surface area contributed by atoms with Crippen LogP contribution in [-0.2, 0) is 21.4 Å². The van der Waals surface area contributed by atoms with E-state index >= 15 is 0 Å². The Balaban J connectivity index is 1.20. The van der Waals surface area contributed by atoms with E-state index in [4.69, 9.17) is 19.3 Å². The third-order valence-corrected chi connectivity index (χ3v) is 8.83. The summed E-state index contributed by atoms with van der Waals surface area (Å²) in [7, 11) is -3.40. The highest BCUT2D eigenvalue weighted by molar-refractivity contribution is 7.92. The van der Waals surface area contributed by atoms with Crippen molar-refractivity contribution >= 4 is 21.7 Å². The molecule has 5 rings (SSSR count). The molecule has 0 saturated heterocycles. The van der Waals surface area contributed by atoms with Gasteiger partial charge in [0.2, 0.25) is 10.0 Å². The van der Waals surface area contributed by atoms with Crippen LogP contribution in [0, 0.1) is 13.8 Å². The first-order valence-electron chi connectivity index (χ1n) is 14.6. The standard InChI is InChI=1S/C35H37NO7S/c1-24-17-31(41-16-8-15-36(44(3,39)40)29-11-5-4-6-12-29)18-25(2)35(24)27-10-7-9-26(19-27)22-42-30-13-14-32-28(20-34(37)38)23-43-33(32)21-30/h4-7,9-14,17-19,21,28H,8,15-16,20,22-23H2,1-3H3,(H,37,38). The molecule has 1 N–H and O–H groups in total. The van der Waals surface area contributed by atoms with E-state index in [2.05, 4.69) is 26.0 Å². The van der Waals surface area contributed by atoms with Crippen LogP contribution in [0.4, 0.5) is 5.69 Å². The first-order chi connectivity index (χ1) is 21.1. The van der Waals surface area contributed by atoms with E-state index in [0.717, 1.165) is 39.1 Å². The van der Waals surface area contributed by atoms with Crippen LogP contribution in [0.1, 0.15) is 41.0 Å². The van der Waals surface area contributed by atoms with E-state index < -0.39 is 16.0 Å². The number of fused-ring (bicyclic) bond motifs is 1. The summed E-state index contributed by atoms with van der Waals surface area (Å²) in [4.78, 5) is 11.1. The molecular formula is C35H37NO7S. The number of hydrogen-bond donors (Lipinski definition) is 1. The van der Waals surface area contributed by atoms with Gasteiger partial charge in [-0.15, -0.1) is 0 Å². The molecule has 1 heterocycles. The predicted molar refractivity (Wildman–Crippen MR) is 171 cm³/mol. The highest BCUT2D eigenvalue weighted by Gasteiger charge is 2.26. The molecule has 230 valence electrons. The van der Waals surface area contributed by atoms with Gasteiger partial charge in [0.05, 0.1) is 31.6 Å². The maximum absolute atomic E-state index is 12.3. The number of anilines is 1. The summed E-state index contributed by atoms with van der Waals surface area (Å²) >= 11 is 0. The summed E-state index contributed by atoms with van der Waals surface area (Å²) in [6, 6.07) is 26.9. The molecule has 0 aromatic heterocycles. The van der Waals surface area contributed by atoms with Crippen molar-refractivity contribution in [2.45, 2.75) is 39.2 Å². The average molecular weight is 616 g/mol. The zero-order valence-corrected chi connectivity index (χ0v) is 26.0. The van der Waals surface area contributed by atoms with E-state index in [9.17, 15) is 13.2 Å².